The first-order valence-corrected chi connectivity index (χ1v) is 9.85. The lowest BCUT2D eigenvalue weighted by Gasteiger charge is -2.27. The number of methoxy groups -OCH3 is 1. The minimum Gasteiger partial charge on any atom is -0.465 e. The molecule has 0 aliphatic heterocycles. The lowest BCUT2D eigenvalue weighted by atomic mass is 10.2. The lowest BCUT2D eigenvalue weighted by molar-refractivity contribution is 0.0595. The average molecular weight is 394 g/mol. The first kappa shape index (κ1) is 20.8. The van der Waals surface area contributed by atoms with Crippen LogP contribution in [-0.4, -0.2) is 33.0 Å². The van der Waals surface area contributed by atoms with E-state index in [4.69, 9.17) is 0 Å². The number of rotatable bonds is 6. The SMILES string of the molecule is COC(=O)c1cc(S(=O)(=O)N(CC(C)C)c2cnc(C)cc2C)ccc1F. The van der Waals surface area contributed by atoms with Crippen molar-refractivity contribution in [2.45, 2.75) is 32.6 Å². The zero-order chi connectivity index (χ0) is 20.4. The van der Waals surface area contributed by atoms with Crippen molar-refractivity contribution >= 4 is 21.7 Å². The van der Waals surface area contributed by atoms with Gasteiger partial charge in [0.1, 0.15) is 5.82 Å². The molecule has 0 fully saturated rings. The Bertz CT molecular complexity index is 958. The van der Waals surface area contributed by atoms with E-state index in [-0.39, 0.29) is 17.4 Å². The van der Waals surface area contributed by atoms with E-state index < -0.39 is 27.4 Å². The van der Waals surface area contributed by atoms with Crippen molar-refractivity contribution < 1.29 is 22.3 Å². The first-order valence-electron chi connectivity index (χ1n) is 8.41. The van der Waals surface area contributed by atoms with Crippen molar-refractivity contribution in [2.24, 2.45) is 5.92 Å². The van der Waals surface area contributed by atoms with E-state index in [9.17, 15) is 17.6 Å². The maximum atomic E-state index is 13.9. The number of pyridine rings is 1. The summed E-state index contributed by atoms with van der Waals surface area (Å²) in [5.41, 5.74) is 1.54. The highest BCUT2D eigenvalue weighted by atomic mass is 32.2. The molecule has 0 amide bonds. The van der Waals surface area contributed by atoms with E-state index >= 15 is 0 Å². The minimum absolute atomic E-state index is 0.0287. The van der Waals surface area contributed by atoms with E-state index in [1.807, 2.05) is 20.8 Å². The van der Waals surface area contributed by atoms with Gasteiger partial charge in [-0.2, -0.15) is 0 Å². The fourth-order valence-corrected chi connectivity index (χ4v) is 4.37. The smallest absolute Gasteiger partial charge is 0.340 e. The molecule has 0 aliphatic carbocycles. The molecule has 27 heavy (non-hydrogen) atoms. The molecule has 0 aliphatic rings. The molecule has 6 nitrogen and oxygen atoms in total. The molecule has 0 bridgehead atoms. The molecule has 0 radical (unpaired) electrons. The highest BCUT2D eigenvalue weighted by Crippen LogP contribution is 2.28. The van der Waals surface area contributed by atoms with Crippen LogP contribution < -0.4 is 4.31 Å². The summed E-state index contributed by atoms with van der Waals surface area (Å²) < 4.78 is 46.3. The van der Waals surface area contributed by atoms with Gasteiger partial charge in [-0.25, -0.2) is 17.6 Å². The Kier molecular flexibility index (Phi) is 6.20. The molecule has 2 aromatic rings. The number of aromatic nitrogens is 1. The summed E-state index contributed by atoms with van der Waals surface area (Å²) in [5.74, 6) is -1.75. The van der Waals surface area contributed by atoms with Crippen molar-refractivity contribution in [3.63, 3.8) is 0 Å². The predicted octanol–water partition coefficient (Wildman–Crippen LogP) is 3.48. The summed E-state index contributed by atoms with van der Waals surface area (Å²) in [6.45, 7) is 7.62. The molecule has 0 atom stereocenters. The standard InChI is InChI=1S/C19H23FN2O4S/c1-12(2)11-22(18-10-21-14(4)8-13(18)3)27(24,25)15-6-7-17(20)16(9-15)19(23)26-5/h6-10,12H,11H2,1-5H3. The van der Waals surface area contributed by atoms with E-state index in [2.05, 4.69) is 9.72 Å². The number of carbonyl (C=O) groups excluding carboxylic acids is 1. The summed E-state index contributed by atoms with van der Waals surface area (Å²) in [5, 5.41) is 0. The molecule has 0 saturated carbocycles. The molecular formula is C19H23FN2O4S. The van der Waals surface area contributed by atoms with E-state index in [0.717, 1.165) is 36.6 Å². The molecule has 2 rings (SSSR count). The van der Waals surface area contributed by atoms with E-state index in [0.29, 0.717) is 5.69 Å². The molecule has 0 spiro atoms. The Balaban J connectivity index is 2.62. The Labute approximate surface area is 159 Å². The van der Waals surface area contributed by atoms with Gasteiger partial charge in [-0.05, 0) is 49.6 Å². The van der Waals surface area contributed by atoms with Gasteiger partial charge in [0, 0.05) is 12.2 Å². The van der Waals surface area contributed by atoms with Crippen LogP contribution in [0.5, 0.6) is 0 Å². The van der Waals surface area contributed by atoms with Gasteiger partial charge in [-0.3, -0.25) is 9.29 Å². The molecule has 8 heteroatoms. The maximum Gasteiger partial charge on any atom is 0.340 e. The summed E-state index contributed by atoms with van der Waals surface area (Å²) in [7, 11) is -2.94. The van der Waals surface area contributed by atoms with Crippen molar-refractivity contribution in [2.75, 3.05) is 18.0 Å². The normalized spacial score (nSPS) is 11.5. The van der Waals surface area contributed by atoms with Gasteiger partial charge in [0.2, 0.25) is 0 Å². The number of ether oxygens (including phenoxy) is 1. The van der Waals surface area contributed by atoms with Gasteiger partial charge < -0.3 is 4.74 Å². The number of sulfonamides is 1. The lowest BCUT2D eigenvalue weighted by Crippen LogP contribution is -2.35. The number of hydrogen-bond acceptors (Lipinski definition) is 5. The first-order chi connectivity index (χ1) is 12.6. The Hall–Kier alpha value is -2.48. The van der Waals surface area contributed by atoms with Gasteiger partial charge in [0.25, 0.3) is 10.0 Å². The second-order valence-corrected chi connectivity index (χ2v) is 8.54. The van der Waals surface area contributed by atoms with Gasteiger partial charge in [0.05, 0.1) is 29.5 Å². The van der Waals surface area contributed by atoms with Gasteiger partial charge in [-0.15, -0.1) is 0 Å². The van der Waals surface area contributed by atoms with Crippen LogP contribution in [0.15, 0.2) is 35.4 Å². The van der Waals surface area contributed by atoms with Crippen LogP contribution in [0.4, 0.5) is 10.1 Å². The molecule has 146 valence electrons. The second-order valence-electron chi connectivity index (χ2n) is 6.68. The quantitative estimate of drug-likeness (QED) is 0.701. The number of hydrogen-bond donors (Lipinski definition) is 0. The van der Waals surface area contributed by atoms with E-state index in [1.54, 1.807) is 13.0 Å². The Morgan fingerprint density at radius 1 is 1.26 bits per heavy atom. The van der Waals surface area contributed by atoms with Crippen LogP contribution in [0.25, 0.3) is 0 Å². The number of benzene rings is 1. The topological polar surface area (TPSA) is 76.6 Å². The van der Waals surface area contributed by atoms with Crippen LogP contribution in [0.3, 0.4) is 0 Å². The van der Waals surface area contributed by atoms with Crippen molar-refractivity contribution in [3.8, 4) is 0 Å². The number of carbonyl (C=O) groups is 1. The number of aryl methyl sites for hydroxylation is 2. The summed E-state index contributed by atoms with van der Waals surface area (Å²) >= 11 is 0. The van der Waals surface area contributed by atoms with Crippen molar-refractivity contribution in [1.82, 2.24) is 4.98 Å². The fraction of sp³-hybridized carbons (Fsp3) is 0.368. The molecular weight excluding hydrogens is 371 g/mol. The monoisotopic (exact) mass is 394 g/mol. The van der Waals surface area contributed by atoms with Crippen LogP contribution in [0.1, 0.15) is 35.5 Å². The number of esters is 1. The Morgan fingerprint density at radius 3 is 2.48 bits per heavy atom. The van der Waals surface area contributed by atoms with Crippen LogP contribution in [0.2, 0.25) is 0 Å². The summed E-state index contributed by atoms with van der Waals surface area (Å²) in [6, 6.07) is 4.89. The number of nitrogens with zero attached hydrogens (tertiary/aromatic N) is 2. The zero-order valence-electron chi connectivity index (χ0n) is 16.0. The Morgan fingerprint density at radius 2 is 1.93 bits per heavy atom. The molecule has 1 heterocycles. The molecule has 0 saturated heterocycles. The molecule has 0 unspecified atom stereocenters. The number of halogens is 1. The maximum absolute atomic E-state index is 13.9. The third kappa shape index (κ3) is 4.44. The third-order valence-corrected chi connectivity index (χ3v) is 5.73. The fourth-order valence-electron chi connectivity index (χ4n) is 2.67. The minimum atomic E-state index is -4.05. The molecule has 1 aromatic carbocycles. The molecule has 1 aromatic heterocycles. The molecule has 0 N–H and O–H groups in total. The highest BCUT2D eigenvalue weighted by Gasteiger charge is 2.29. The largest absolute Gasteiger partial charge is 0.465 e. The highest BCUT2D eigenvalue weighted by molar-refractivity contribution is 7.92. The van der Waals surface area contributed by atoms with Crippen molar-refractivity contribution in [1.29, 1.82) is 0 Å². The van der Waals surface area contributed by atoms with Gasteiger partial charge in [-0.1, -0.05) is 13.8 Å². The third-order valence-electron chi connectivity index (χ3n) is 3.95. The summed E-state index contributed by atoms with van der Waals surface area (Å²) in [6.07, 6.45) is 1.51. The van der Waals surface area contributed by atoms with Crippen molar-refractivity contribution in [3.05, 3.63) is 53.1 Å². The van der Waals surface area contributed by atoms with Crippen LogP contribution in [-0.2, 0) is 14.8 Å². The van der Waals surface area contributed by atoms with Gasteiger partial charge >= 0.3 is 5.97 Å². The summed E-state index contributed by atoms with van der Waals surface area (Å²) in [4.78, 5) is 15.8. The van der Waals surface area contributed by atoms with Gasteiger partial charge in [0.15, 0.2) is 0 Å². The van der Waals surface area contributed by atoms with E-state index in [1.165, 1.54) is 10.5 Å². The average Bonchev–Trinajstić information content (AvgIpc) is 2.59. The zero-order valence-corrected chi connectivity index (χ0v) is 16.8. The van der Waals surface area contributed by atoms with Crippen LogP contribution in [0, 0.1) is 25.6 Å². The number of anilines is 1. The predicted molar refractivity (Wildman–Crippen MR) is 101 cm³/mol. The second kappa shape index (κ2) is 8.04. The van der Waals surface area contributed by atoms with Crippen LogP contribution >= 0.6 is 0 Å².